The van der Waals surface area contributed by atoms with Gasteiger partial charge in [0.15, 0.2) is 0 Å². The highest BCUT2D eigenvalue weighted by Gasteiger charge is 2.42. The Labute approximate surface area is 163 Å². The molecule has 1 N–H and O–H groups in total. The number of hydrogen-bond donors (Lipinski definition) is 1. The first-order chi connectivity index (χ1) is 13.0. The largest absolute Gasteiger partial charge is 0.475 e. The molecule has 1 heterocycles. The third-order valence-corrected chi connectivity index (χ3v) is 4.91. The number of pyridine rings is 1. The van der Waals surface area contributed by atoms with Gasteiger partial charge in [0.25, 0.3) is 5.91 Å². The maximum atomic E-state index is 13.1. The van der Waals surface area contributed by atoms with E-state index in [0.29, 0.717) is 43.9 Å². The van der Waals surface area contributed by atoms with Crippen LogP contribution in [0, 0.1) is 12.8 Å². The minimum absolute atomic E-state index is 0.0614. The molecule has 1 aromatic heterocycles. The van der Waals surface area contributed by atoms with Crippen LogP contribution in [0.25, 0.3) is 0 Å². The standard InChI is InChI=1S/C21H34N2O4/c1-5-10-27-21(9-7-8-16(3)14-21)20(24)23-18-13-17(4)19(22-15-18)26-12-11-25-6-2/h13,15-16H,5-12,14H2,1-4H3,(H,23,24). The number of amides is 1. The predicted molar refractivity (Wildman–Crippen MR) is 106 cm³/mol. The van der Waals surface area contributed by atoms with Crippen molar-refractivity contribution in [1.29, 1.82) is 0 Å². The number of aryl methyl sites for hydroxylation is 1. The van der Waals surface area contributed by atoms with Gasteiger partial charge in [0.2, 0.25) is 5.88 Å². The smallest absolute Gasteiger partial charge is 0.256 e. The van der Waals surface area contributed by atoms with Crippen molar-refractivity contribution in [1.82, 2.24) is 4.98 Å². The number of carbonyl (C=O) groups excluding carboxylic acids is 1. The van der Waals surface area contributed by atoms with E-state index in [1.54, 1.807) is 6.20 Å². The second kappa shape index (κ2) is 10.6. The first-order valence-electron chi connectivity index (χ1n) is 10.1. The van der Waals surface area contributed by atoms with Crippen LogP contribution in [0.4, 0.5) is 5.69 Å². The van der Waals surface area contributed by atoms with Crippen LogP contribution in [-0.4, -0.2) is 42.9 Å². The average molecular weight is 379 g/mol. The number of anilines is 1. The molecule has 0 radical (unpaired) electrons. The molecular formula is C21H34N2O4. The van der Waals surface area contributed by atoms with Crippen LogP contribution in [0.2, 0.25) is 0 Å². The molecular weight excluding hydrogens is 344 g/mol. The molecule has 2 rings (SSSR count). The molecule has 0 aliphatic heterocycles. The molecule has 2 atom stereocenters. The maximum absolute atomic E-state index is 13.1. The van der Waals surface area contributed by atoms with Crippen molar-refractivity contribution in [2.45, 2.75) is 65.4 Å². The summed E-state index contributed by atoms with van der Waals surface area (Å²) < 4.78 is 17.0. The lowest BCUT2D eigenvalue weighted by atomic mass is 9.78. The monoisotopic (exact) mass is 378 g/mol. The summed E-state index contributed by atoms with van der Waals surface area (Å²) in [5.74, 6) is 0.993. The van der Waals surface area contributed by atoms with Gasteiger partial charge in [-0.2, -0.15) is 0 Å². The van der Waals surface area contributed by atoms with Crippen LogP contribution in [0.3, 0.4) is 0 Å². The molecule has 152 valence electrons. The van der Waals surface area contributed by atoms with Gasteiger partial charge in [-0.3, -0.25) is 4.79 Å². The molecule has 1 aliphatic rings. The Hall–Kier alpha value is -1.66. The first kappa shape index (κ1) is 21.6. The zero-order chi connectivity index (χ0) is 19.7. The Kier molecular flexibility index (Phi) is 8.51. The molecule has 1 saturated carbocycles. The van der Waals surface area contributed by atoms with E-state index in [1.807, 2.05) is 19.9 Å². The Morgan fingerprint density at radius 2 is 2.15 bits per heavy atom. The van der Waals surface area contributed by atoms with E-state index in [0.717, 1.165) is 37.7 Å². The Bertz CT molecular complexity index is 608. The highest BCUT2D eigenvalue weighted by molar-refractivity contribution is 5.97. The van der Waals surface area contributed by atoms with Crippen molar-refractivity contribution in [2.24, 2.45) is 5.92 Å². The lowest BCUT2D eigenvalue weighted by Crippen LogP contribution is -2.48. The van der Waals surface area contributed by atoms with Crippen LogP contribution in [0.1, 0.15) is 58.4 Å². The van der Waals surface area contributed by atoms with Gasteiger partial charge in [0.1, 0.15) is 12.2 Å². The summed E-state index contributed by atoms with van der Waals surface area (Å²) in [4.78, 5) is 17.4. The van der Waals surface area contributed by atoms with Crippen molar-refractivity contribution in [3.63, 3.8) is 0 Å². The Morgan fingerprint density at radius 1 is 1.33 bits per heavy atom. The van der Waals surface area contributed by atoms with Crippen molar-refractivity contribution < 1.29 is 19.0 Å². The van der Waals surface area contributed by atoms with Gasteiger partial charge in [-0.05, 0) is 51.5 Å². The Morgan fingerprint density at radius 3 is 2.81 bits per heavy atom. The van der Waals surface area contributed by atoms with E-state index in [4.69, 9.17) is 14.2 Å². The zero-order valence-corrected chi connectivity index (χ0v) is 17.2. The minimum atomic E-state index is -0.728. The molecule has 1 aliphatic carbocycles. The average Bonchev–Trinajstić information content (AvgIpc) is 2.65. The number of ether oxygens (including phenoxy) is 3. The fraction of sp³-hybridized carbons (Fsp3) is 0.714. The number of carbonyl (C=O) groups is 1. The number of nitrogens with one attached hydrogen (secondary N) is 1. The predicted octanol–water partition coefficient (Wildman–Crippen LogP) is 4.12. The molecule has 1 fully saturated rings. The first-order valence-corrected chi connectivity index (χ1v) is 10.1. The van der Waals surface area contributed by atoms with Crippen LogP contribution < -0.4 is 10.1 Å². The fourth-order valence-corrected chi connectivity index (χ4v) is 3.57. The van der Waals surface area contributed by atoms with Gasteiger partial charge in [-0.25, -0.2) is 4.98 Å². The van der Waals surface area contributed by atoms with Gasteiger partial charge < -0.3 is 19.5 Å². The van der Waals surface area contributed by atoms with Crippen molar-refractivity contribution in [3.8, 4) is 5.88 Å². The van der Waals surface area contributed by atoms with Crippen LogP contribution in [-0.2, 0) is 14.3 Å². The molecule has 0 spiro atoms. The van der Waals surface area contributed by atoms with Gasteiger partial charge in [0.05, 0.1) is 18.5 Å². The molecule has 6 nitrogen and oxygen atoms in total. The van der Waals surface area contributed by atoms with Crippen LogP contribution in [0.5, 0.6) is 5.88 Å². The summed E-state index contributed by atoms with van der Waals surface area (Å²) in [5.41, 5.74) is 0.825. The quantitative estimate of drug-likeness (QED) is 0.620. The van der Waals surface area contributed by atoms with Crippen molar-refractivity contribution >= 4 is 11.6 Å². The van der Waals surface area contributed by atoms with E-state index >= 15 is 0 Å². The van der Waals surface area contributed by atoms with Gasteiger partial charge in [-0.1, -0.05) is 20.3 Å². The summed E-state index contributed by atoms with van der Waals surface area (Å²) in [7, 11) is 0. The van der Waals surface area contributed by atoms with E-state index in [9.17, 15) is 4.79 Å². The summed E-state index contributed by atoms with van der Waals surface area (Å²) >= 11 is 0. The second-order valence-corrected chi connectivity index (χ2v) is 7.39. The van der Waals surface area contributed by atoms with Crippen LogP contribution in [0.15, 0.2) is 12.3 Å². The molecule has 0 aromatic carbocycles. The maximum Gasteiger partial charge on any atom is 0.256 e. The molecule has 0 saturated heterocycles. The third kappa shape index (κ3) is 6.18. The van der Waals surface area contributed by atoms with E-state index in [1.165, 1.54) is 0 Å². The summed E-state index contributed by atoms with van der Waals surface area (Å²) in [6.45, 7) is 10.4. The zero-order valence-electron chi connectivity index (χ0n) is 17.2. The molecule has 2 unspecified atom stereocenters. The molecule has 1 amide bonds. The fourth-order valence-electron chi connectivity index (χ4n) is 3.57. The van der Waals surface area contributed by atoms with Crippen LogP contribution >= 0.6 is 0 Å². The normalized spacial score (nSPS) is 22.4. The van der Waals surface area contributed by atoms with E-state index in [2.05, 4.69) is 24.1 Å². The second-order valence-electron chi connectivity index (χ2n) is 7.39. The molecule has 27 heavy (non-hydrogen) atoms. The topological polar surface area (TPSA) is 69.7 Å². The SMILES string of the molecule is CCCOC1(C(=O)Nc2cnc(OCCOCC)c(C)c2)CCCC(C)C1. The highest BCUT2D eigenvalue weighted by atomic mass is 16.5. The number of rotatable bonds is 10. The third-order valence-electron chi connectivity index (χ3n) is 4.91. The number of aromatic nitrogens is 1. The lowest BCUT2D eigenvalue weighted by molar-refractivity contribution is -0.148. The van der Waals surface area contributed by atoms with Gasteiger partial charge in [-0.15, -0.1) is 0 Å². The summed E-state index contributed by atoms with van der Waals surface area (Å²) in [5, 5.41) is 3.02. The number of hydrogen-bond acceptors (Lipinski definition) is 5. The van der Waals surface area contributed by atoms with E-state index in [-0.39, 0.29) is 5.91 Å². The minimum Gasteiger partial charge on any atom is -0.475 e. The summed E-state index contributed by atoms with van der Waals surface area (Å²) in [6, 6.07) is 1.89. The van der Waals surface area contributed by atoms with Gasteiger partial charge in [0, 0.05) is 18.8 Å². The summed E-state index contributed by atoms with van der Waals surface area (Å²) in [6.07, 6.45) is 6.25. The Balaban J connectivity index is 2.03. The molecule has 0 bridgehead atoms. The van der Waals surface area contributed by atoms with Gasteiger partial charge >= 0.3 is 0 Å². The van der Waals surface area contributed by atoms with Crippen molar-refractivity contribution in [3.05, 3.63) is 17.8 Å². The van der Waals surface area contributed by atoms with Crippen molar-refractivity contribution in [2.75, 3.05) is 31.7 Å². The molecule has 1 aromatic rings. The highest BCUT2D eigenvalue weighted by Crippen LogP contribution is 2.36. The molecule has 6 heteroatoms. The van der Waals surface area contributed by atoms with E-state index < -0.39 is 5.60 Å². The number of nitrogens with zero attached hydrogens (tertiary/aromatic N) is 1. The lowest BCUT2D eigenvalue weighted by Gasteiger charge is -2.38.